The molecule has 264 valence electrons. The summed E-state index contributed by atoms with van der Waals surface area (Å²) < 4.78 is 5.57. The summed E-state index contributed by atoms with van der Waals surface area (Å²) in [5, 5.41) is 3.04. The summed E-state index contributed by atoms with van der Waals surface area (Å²) in [5.74, 6) is 0.486. The number of carbonyl (C=O) groups is 3. The van der Waals surface area contributed by atoms with Gasteiger partial charge in [-0.3, -0.25) is 14.4 Å². The molecule has 3 aromatic carbocycles. The molecule has 2 saturated heterocycles. The van der Waals surface area contributed by atoms with Crippen LogP contribution in [0.1, 0.15) is 71.0 Å². The Hall–Kier alpha value is -5.12. The van der Waals surface area contributed by atoms with Gasteiger partial charge >= 0.3 is 0 Å². The Bertz CT molecular complexity index is 2170. The number of benzene rings is 3. The molecule has 0 atom stereocenters. The number of nitrogens with zero attached hydrogens (tertiary/aromatic N) is 3. The first-order chi connectivity index (χ1) is 25.2. The highest BCUT2D eigenvalue weighted by atomic mass is 32.1. The zero-order valence-corrected chi connectivity index (χ0v) is 30.6. The Labute approximate surface area is 308 Å². The Morgan fingerprint density at radius 2 is 1.63 bits per heavy atom. The number of amides is 2. The lowest BCUT2D eigenvalue weighted by molar-refractivity contribution is -0.000511. The number of carbonyl (C=O) groups excluding carboxylic acids is 3. The second kappa shape index (κ2) is 13.8. The number of hydrogen-bond acceptors (Lipinski definition) is 7. The minimum atomic E-state index is -0.224. The molecule has 3 aliphatic rings. The second-order valence-corrected chi connectivity index (χ2v) is 15.6. The van der Waals surface area contributed by atoms with E-state index in [0.29, 0.717) is 42.0 Å². The lowest BCUT2D eigenvalue weighted by Crippen LogP contribution is -2.59. The van der Waals surface area contributed by atoms with Gasteiger partial charge in [-0.1, -0.05) is 36.4 Å². The number of nitrogens with one attached hydrogen (secondary N) is 1. The zero-order valence-electron chi connectivity index (χ0n) is 29.8. The van der Waals surface area contributed by atoms with Crippen molar-refractivity contribution in [3.63, 3.8) is 0 Å². The highest BCUT2D eigenvalue weighted by molar-refractivity contribution is 7.17. The number of ether oxygens (including phenoxy) is 1. The third kappa shape index (κ3) is 6.44. The van der Waals surface area contributed by atoms with Crippen molar-refractivity contribution < 1.29 is 19.1 Å². The van der Waals surface area contributed by atoms with Gasteiger partial charge in [0.25, 0.3) is 11.8 Å². The fourth-order valence-corrected chi connectivity index (χ4v) is 9.07. The van der Waals surface area contributed by atoms with Gasteiger partial charge in [-0.15, -0.1) is 11.3 Å². The van der Waals surface area contributed by atoms with E-state index in [-0.39, 0.29) is 23.0 Å². The first-order valence-corrected chi connectivity index (χ1v) is 18.8. The number of pyridine rings is 1. The maximum absolute atomic E-state index is 14.1. The number of aryl methyl sites for hydroxylation is 3. The maximum Gasteiger partial charge on any atom is 0.259 e. The molecule has 8 rings (SSSR count). The number of para-hydroxylation sites is 1. The quantitative estimate of drug-likeness (QED) is 0.171. The van der Waals surface area contributed by atoms with Crippen LogP contribution in [0.2, 0.25) is 0 Å². The molecule has 52 heavy (non-hydrogen) atoms. The summed E-state index contributed by atoms with van der Waals surface area (Å²) in [7, 11) is 0. The minimum Gasteiger partial charge on any atom is -0.381 e. The third-order valence-electron chi connectivity index (χ3n) is 10.9. The molecule has 2 aromatic heterocycles. The zero-order chi connectivity index (χ0) is 36.0. The maximum atomic E-state index is 14.1. The molecule has 8 nitrogen and oxygen atoms in total. The summed E-state index contributed by atoms with van der Waals surface area (Å²) >= 11 is 1.52. The summed E-state index contributed by atoms with van der Waals surface area (Å²) in [6, 6.07) is 25.1. The minimum absolute atomic E-state index is 0.114. The molecule has 9 heteroatoms. The lowest BCUT2D eigenvalue weighted by Gasteiger charge is -2.53. The topological polar surface area (TPSA) is 91.8 Å². The van der Waals surface area contributed by atoms with Crippen LogP contribution in [0.25, 0.3) is 10.4 Å². The predicted molar refractivity (Wildman–Crippen MR) is 207 cm³/mol. The van der Waals surface area contributed by atoms with E-state index in [1.54, 1.807) is 24.3 Å². The number of Topliss-reactive ketones (excluding diaryl/α,β-unsaturated/α-hetero) is 1. The van der Waals surface area contributed by atoms with Gasteiger partial charge in [0.1, 0.15) is 5.82 Å². The van der Waals surface area contributed by atoms with Crippen LogP contribution in [0.4, 0.5) is 17.2 Å². The normalized spacial score (nSPS) is 16.1. The highest BCUT2D eigenvalue weighted by Gasteiger charge is 2.45. The molecule has 0 bridgehead atoms. The van der Waals surface area contributed by atoms with Gasteiger partial charge in [-0.2, -0.15) is 0 Å². The van der Waals surface area contributed by atoms with Crippen LogP contribution >= 0.6 is 11.3 Å². The van der Waals surface area contributed by atoms with E-state index in [1.165, 1.54) is 11.3 Å². The molecule has 2 fully saturated rings. The molecule has 0 aliphatic carbocycles. The smallest absolute Gasteiger partial charge is 0.259 e. The van der Waals surface area contributed by atoms with Crippen LogP contribution in [0.3, 0.4) is 0 Å². The van der Waals surface area contributed by atoms with Crippen LogP contribution in [-0.4, -0.2) is 55.4 Å². The van der Waals surface area contributed by atoms with E-state index in [4.69, 9.17) is 4.74 Å². The Morgan fingerprint density at radius 1 is 0.904 bits per heavy atom. The molecule has 5 heterocycles. The van der Waals surface area contributed by atoms with Crippen molar-refractivity contribution in [3.05, 3.63) is 129 Å². The summed E-state index contributed by atoms with van der Waals surface area (Å²) in [5.41, 5.74) is 9.07. The molecular weight excluding hydrogens is 669 g/mol. The molecule has 1 spiro atoms. The van der Waals surface area contributed by atoms with E-state index in [1.807, 2.05) is 60.5 Å². The largest absolute Gasteiger partial charge is 0.381 e. The second-order valence-electron chi connectivity index (χ2n) is 14.5. The van der Waals surface area contributed by atoms with Crippen LogP contribution < -0.4 is 15.1 Å². The molecule has 0 radical (unpaired) electrons. The van der Waals surface area contributed by atoms with Crippen LogP contribution in [0, 0.1) is 26.2 Å². The number of thiophene rings is 1. The number of rotatable bonds is 7. The fourth-order valence-electron chi connectivity index (χ4n) is 7.89. The van der Waals surface area contributed by atoms with Crippen molar-refractivity contribution in [2.75, 3.05) is 48.0 Å². The number of anilines is 3. The monoisotopic (exact) mass is 710 g/mol. The van der Waals surface area contributed by atoms with Gasteiger partial charge in [-0.05, 0) is 110 Å². The Morgan fingerprint density at radius 3 is 2.38 bits per heavy atom. The fraction of sp³-hybridized carbons (Fsp3) is 0.302. The van der Waals surface area contributed by atoms with Crippen molar-refractivity contribution in [2.24, 2.45) is 5.41 Å². The standard InChI is InChI=1S/C43H42N4O4S/c1-27-21-35(40(44-24-27)46-25-43(26-46)16-19-51-20-17-43)41(49)45-32-13-11-30(12-14-32)42(50)47-18-15-31-22-38(52-39(31)33-9-4-5-10-36(33)47)37(48)23-34-28(2)7-6-8-29(34)3/h4-14,21-22,24H,15-20,23,25-26H2,1-3H3,(H,45,49). The Balaban J connectivity index is 0.976. The molecule has 1 N–H and O–H groups in total. The first-order valence-electron chi connectivity index (χ1n) is 18.0. The molecule has 3 aliphatic heterocycles. The Kier molecular flexibility index (Phi) is 9.01. The van der Waals surface area contributed by atoms with Gasteiger partial charge in [0.15, 0.2) is 5.78 Å². The van der Waals surface area contributed by atoms with Gasteiger partial charge in [0, 0.05) is 72.6 Å². The molecular formula is C43H42N4O4S. The van der Waals surface area contributed by atoms with Crippen molar-refractivity contribution in [2.45, 2.75) is 46.5 Å². The van der Waals surface area contributed by atoms with Crippen molar-refractivity contribution in [1.82, 2.24) is 4.98 Å². The summed E-state index contributed by atoms with van der Waals surface area (Å²) in [4.78, 5) is 51.7. The molecule has 2 amide bonds. The van der Waals surface area contributed by atoms with Gasteiger partial charge in [0.05, 0.1) is 16.1 Å². The van der Waals surface area contributed by atoms with Crippen molar-refractivity contribution in [1.29, 1.82) is 0 Å². The van der Waals surface area contributed by atoms with E-state index in [2.05, 4.69) is 41.2 Å². The van der Waals surface area contributed by atoms with Gasteiger partial charge in [0.2, 0.25) is 0 Å². The third-order valence-corrected chi connectivity index (χ3v) is 12.1. The van der Waals surface area contributed by atoms with E-state index in [9.17, 15) is 14.4 Å². The predicted octanol–water partition coefficient (Wildman–Crippen LogP) is 8.23. The number of fused-ring (bicyclic) bond motifs is 3. The SMILES string of the molecule is Cc1cnc(N2CC3(CCOCC3)C2)c(C(=O)Nc2ccc(C(=O)N3CCc4cc(C(=O)Cc5c(C)cccc5C)sc4-c4ccccc43)cc2)c1. The van der Waals surface area contributed by atoms with E-state index in [0.717, 1.165) is 88.0 Å². The highest BCUT2D eigenvalue weighted by Crippen LogP contribution is 2.44. The number of aromatic nitrogens is 1. The number of hydrogen-bond donors (Lipinski definition) is 1. The first kappa shape index (κ1) is 34.0. The average Bonchev–Trinajstić information content (AvgIpc) is 3.51. The van der Waals surface area contributed by atoms with Gasteiger partial charge < -0.3 is 19.9 Å². The van der Waals surface area contributed by atoms with Crippen LogP contribution in [0.15, 0.2) is 85.1 Å². The van der Waals surface area contributed by atoms with Crippen molar-refractivity contribution >= 4 is 46.1 Å². The molecule has 0 saturated carbocycles. The van der Waals surface area contributed by atoms with Crippen molar-refractivity contribution in [3.8, 4) is 10.4 Å². The molecule has 5 aromatic rings. The summed E-state index contributed by atoms with van der Waals surface area (Å²) in [6.45, 7) is 9.87. The van der Waals surface area contributed by atoms with Crippen LogP contribution in [-0.2, 0) is 17.6 Å². The van der Waals surface area contributed by atoms with Gasteiger partial charge in [-0.25, -0.2) is 4.98 Å². The van der Waals surface area contributed by atoms with E-state index >= 15 is 0 Å². The number of ketones is 1. The van der Waals surface area contributed by atoms with Crippen LogP contribution in [0.5, 0.6) is 0 Å². The molecule has 0 unspecified atom stereocenters. The summed E-state index contributed by atoms with van der Waals surface area (Å²) in [6.07, 6.45) is 4.90. The lowest BCUT2D eigenvalue weighted by atomic mass is 9.73. The van der Waals surface area contributed by atoms with E-state index < -0.39 is 0 Å². The average molecular weight is 711 g/mol.